The molecule has 5 rings (SSSR count). The van der Waals surface area contributed by atoms with E-state index in [4.69, 9.17) is 4.98 Å². The summed E-state index contributed by atoms with van der Waals surface area (Å²) in [5.74, 6) is 1.23. The predicted octanol–water partition coefficient (Wildman–Crippen LogP) is 5.08. The Kier molecular flexibility index (Phi) is 7.32. The Labute approximate surface area is 223 Å². The van der Waals surface area contributed by atoms with Crippen molar-refractivity contribution in [3.05, 3.63) is 66.0 Å². The van der Waals surface area contributed by atoms with E-state index < -0.39 is 5.60 Å². The van der Waals surface area contributed by atoms with Gasteiger partial charge in [-0.05, 0) is 82.1 Å². The van der Waals surface area contributed by atoms with Crippen LogP contribution in [0.4, 0.5) is 33.3 Å². The van der Waals surface area contributed by atoms with E-state index in [2.05, 4.69) is 44.3 Å². The molecule has 0 spiro atoms. The summed E-state index contributed by atoms with van der Waals surface area (Å²) >= 11 is 0. The average molecular weight is 518 g/mol. The maximum Gasteiger partial charge on any atom is 0.229 e. The van der Waals surface area contributed by atoms with Gasteiger partial charge in [0.15, 0.2) is 0 Å². The molecule has 3 aromatic rings. The van der Waals surface area contributed by atoms with Crippen LogP contribution >= 0.6 is 0 Å². The molecule has 2 fully saturated rings. The van der Waals surface area contributed by atoms with Gasteiger partial charge in [-0.15, -0.1) is 0 Å². The van der Waals surface area contributed by atoms with E-state index in [-0.39, 0.29) is 11.7 Å². The molecule has 0 radical (unpaired) electrons. The Hall–Kier alpha value is -3.56. The highest BCUT2D eigenvalue weighted by atomic mass is 19.1. The van der Waals surface area contributed by atoms with Crippen LogP contribution < -0.4 is 15.1 Å². The first-order valence-electron chi connectivity index (χ1n) is 13.2. The summed E-state index contributed by atoms with van der Waals surface area (Å²) in [5.41, 5.74) is 1.76. The maximum atomic E-state index is 15.3. The van der Waals surface area contributed by atoms with Crippen LogP contribution in [0.25, 0.3) is 5.83 Å². The van der Waals surface area contributed by atoms with Crippen LogP contribution in [0.5, 0.6) is 0 Å². The van der Waals surface area contributed by atoms with Gasteiger partial charge in [0, 0.05) is 50.8 Å². The molecule has 1 aromatic carbocycles. The van der Waals surface area contributed by atoms with Crippen LogP contribution in [0.15, 0.2) is 54.7 Å². The number of anilines is 5. The van der Waals surface area contributed by atoms with Crippen molar-refractivity contribution in [1.29, 1.82) is 0 Å². The van der Waals surface area contributed by atoms with E-state index in [9.17, 15) is 5.11 Å². The minimum absolute atomic E-state index is 0.265. The van der Waals surface area contributed by atoms with Gasteiger partial charge in [0.1, 0.15) is 23.1 Å². The van der Waals surface area contributed by atoms with Gasteiger partial charge in [-0.3, -0.25) is 0 Å². The minimum Gasteiger partial charge on any atom is -0.384 e. The molecule has 9 heteroatoms. The number of nitrogens with zero attached hydrogens (tertiary/aromatic N) is 6. The lowest BCUT2D eigenvalue weighted by Gasteiger charge is -2.34. The summed E-state index contributed by atoms with van der Waals surface area (Å²) in [6, 6.07) is 13.6. The number of hydrogen-bond acceptors (Lipinski definition) is 8. The summed E-state index contributed by atoms with van der Waals surface area (Å²) in [6.45, 7) is 7.48. The van der Waals surface area contributed by atoms with Crippen molar-refractivity contribution in [2.45, 2.75) is 32.3 Å². The van der Waals surface area contributed by atoms with Crippen molar-refractivity contribution in [2.24, 2.45) is 5.92 Å². The van der Waals surface area contributed by atoms with Gasteiger partial charge in [0.2, 0.25) is 5.95 Å². The minimum atomic E-state index is -1.11. The second kappa shape index (κ2) is 10.7. The molecule has 1 aliphatic heterocycles. The fourth-order valence-electron chi connectivity index (χ4n) is 4.43. The highest BCUT2D eigenvalue weighted by Crippen LogP contribution is 2.37. The fraction of sp³-hybridized carbons (Fsp3) is 0.414. The van der Waals surface area contributed by atoms with Gasteiger partial charge in [-0.25, -0.2) is 14.4 Å². The lowest BCUT2D eigenvalue weighted by Crippen LogP contribution is -2.44. The van der Waals surface area contributed by atoms with E-state index in [1.807, 2.05) is 24.3 Å². The van der Waals surface area contributed by atoms with Crippen LogP contribution in [0, 0.1) is 5.92 Å². The molecule has 200 valence electrons. The molecular formula is C29H36FN7O. The summed E-state index contributed by atoms with van der Waals surface area (Å²) in [4.78, 5) is 20.2. The SMILES string of the molecule is CN1CCN(c2ccc(Nc3ncc(/C(F)=C/C4CC4)c(N(C)c4cccc(C(C)(C)O)n4)n3)cc2)CC1. The normalized spacial score (nSPS) is 17.0. The zero-order valence-electron chi connectivity index (χ0n) is 22.5. The Morgan fingerprint density at radius 2 is 1.79 bits per heavy atom. The van der Waals surface area contributed by atoms with E-state index in [1.54, 1.807) is 37.9 Å². The van der Waals surface area contributed by atoms with E-state index >= 15 is 4.39 Å². The molecule has 0 bridgehead atoms. The van der Waals surface area contributed by atoms with Crippen LogP contribution in [-0.4, -0.2) is 65.2 Å². The zero-order chi connectivity index (χ0) is 26.9. The molecule has 1 aliphatic carbocycles. The number of pyridine rings is 1. The largest absolute Gasteiger partial charge is 0.384 e. The third kappa shape index (κ3) is 6.11. The van der Waals surface area contributed by atoms with Crippen molar-refractivity contribution >= 4 is 34.8 Å². The first kappa shape index (κ1) is 26.1. The third-order valence-electron chi connectivity index (χ3n) is 7.04. The topological polar surface area (TPSA) is 80.7 Å². The van der Waals surface area contributed by atoms with E-state index in [0.717, 1.165) is 44.7 Å². The second-order valence-electron chi connectivity index (χ2n) is 10.7. The number of halogens is 1. The molecule has 3 heterocycles. The first-order valence-corrected chi connectivity index (χ1v) is 13.2. The lowest BCUT2D eigenvalue weighted by molar-refractivity contribution is 0.0739. The highest BCUT2D eigenvalue weighted by Gasteiger charge is 2.24. The number of hydrogen-bond donors (Lipinski definition) is 2. The van der Waals surface area contributed by atoms with Crippen molar-refractivity contribution < 1.29 is 9.50 Å². The molecule has 38 heavy (non-hydrogen) atoms. The third-order valence-corrected chi connectivity index (χ3v) is 7.04. The van der Waals surface area contributed by atoms with Crippen molar-refractivity contribution in [1.82, 2.24) is 19.9 Å². The average Bonchev–Trinajstić information content (AvgIpc) is 3.73. The zero-order valence-corrected chi connectivity index (χ0v) is 22.5. The fourth-order valence-corrected chi connectivity index (χ4v) is 4.43. The summed E-state index contributed by atoms with van der Waals surface area (Å²) in [5, 5.41) is 13.7. The van der Waals surface area contributed by atoms with Crippen LogP contribution in [0.3, 0.4) is 0 Å². The van der Waals surface area contributed by atoms with Gasteiger partial charge < -0.3 is 25.1 Å². The molecule has 0 amide bonds. The van der Waals surface area contributed by atoms with Crippen molar-refractivity contribution in [2.75, 3.05) is 55.4 Å². The Morgan fingerprint density at radius 1 is 1.08 bits per heavy atom. The smallest absolute Gasteiger partial charge is 0.229 e. The van der Waals surface area contributed by atoms with Gasteiger partial charge in [-0.2, -0.15) is 4.98 Å². The Morgan fingerprint density at radius 3 is 2.45 bits per heavy atom. The molecule has 2 N–H and O–H groups in total. The summed E-state index contributed by atoms with van der Waals surface area (Å²) in [6.07, 6.45) is 5.17. The predicted molar refractivity (Wildman–Crippen MR) is 151 cm³/mol. The lowest BCUT2D eigenvalue weighted by atomic mass is 10.1. The molecule has 0 atom stereocenters. The second-order valence-corrected chi connectivity index (χ2v) is 10.7. The number of aromatic nitrogens is 3. The Bertz CT molecular complexity index is 1290. The number of aliphatic hydroxyl groups is 1. The molecule has 2 aliphatic rings. The maximum absolute atomic E-state index is 15.3. The van der Waals surface area contributed by atoms with Crippen LogP contribution in [0.2, 0.25) is 0 Å². The van der Waals surface area contributed by atoms with E-state index in [1.165, 1.54) is 11.9 Å². The molecular weight excluding hydrogens is 481 g/mol. The first-order chi connectivity index (χ1) is 18.2. The summed E-state index contributed by atoms with van der Waals surface area (Å²) < 4.78 is 15.3. The van der Waals surface area contributed by atoms with Crippen molar-refractivity contribution in [3.8, 4) is 0 Å². The number of benzene rings is 1. The number of rotatable bonds is 8. The van der Waals surface area contributed by atoms with Gasteiger partial charge >= 0.3 is 0 Å². The molecule has 2 aromatic heterocycles. The van der Waals surface area contributed by atoms with Crippen molar-refractivity contribution in [3.63, 3.8) is 0 Å². The quantitative estimate of drug-likeness (QED) is 0.428. The number of likely N-dealkylation sites (N-methyl/N-ethyl adjacent to an activating group) is 1. The van der Waals surface area contributed by atoms with Crippen LogP contribution in [-0.2, 0) is 5.60 Å². The van der Waals surface area contributed by atoms with E-state index in [0.29, 0.717) is 28.8 Å². The monoisotopic (exact) mass is 517 g/mol. The molecule has 8 nitrogen and oxygen atoms in total. The number of nitrogens with one attached hydrogen (secondary N) is 1. The molecule has 1 saturated heterocycles. The molecule has 0 unspecified atom stereocenters. The van der Waals surface area contributed by atoms with Gasteiger partial charge in [0.25, 0.3) is 0 Å². The van der Waals surface area contributed by atoms with Crippen LogP contribution in [0.1, 0.15) is 37.9 Å². The molecule has 1 saturated carbocycles. The standard InChI is InChI=1S/C29H36FN7O/c1-29(2,38)25-6-5-7-26(33-25)36(4)27-23(24(30)18-20-8-9-20)19-31-28(34-27)32-21-10-12-22(13-11-21)37-16-14-35(3)15-17-37/h5-7,10-13,18-20,38H,8-9,14-17H2,1-4H3,(H,31,32,34)/b24-18-. The number of piperazine rings is 1. The highest BCUT2D eigenvalue weighted by molar-refractivity contribution is 5.75. The summed E-state index contributed by atoms with van der Waals surface area (Å²) in [7, 11) is 3.94. The van der Waals surface area contributed by atoms with Gasteiger partial charge in [0.05, 0.1) is 11.3 Å². The number of allylic oxidation sites excluding steroid dienone is 1. The van der Waals surface area contributed by atoms with Gasteiger partial charge in [-0.1, -0.05) is 6.07 Å². The Balaban J connectivity index is 1.42.